The second-order valence-corrected chi connectivity index (χ2v) is 22.5. The summed E-state index contributed by atoms with van der Waals surface area (Å²) >= 11 is 0. The number of rotatable bonds is 25. The Balaban J connectivity index is 0.000000179. The van der Waals surface area contributed by atoms with E-state index in [0.29, 0.717) is 6.61 Å². The molecule has 0 spiro atoms. The number of esters is 4. The molecule has 0 saturated carbocycles. The number of hydrogen-bond donors (Lipinski definition) is 5. The zero-order valence-electron chi connectivity index (χ0n) is 56.0. The molecular weight excluding hydrogens is 1250 g/mol. The molecule has 514 valence electrons. The van der Waals surface area contributed by atoms with Gasteiger partial charge in [0, 0.05) is 51.6 Å². The van der Waals surface area contributed by atoms with Gasteiger partial charge in [-0.15, -0.1) is 0 Å². The molecule has 98 heavy (non-hydrogen) atoms. The van der Waals surface area contributed by atoms with Crippen LogP contribution in [0.5, 0.6) is 0 Å². The molecule has 0 aromatic heterocycles. The number of ether oxygens (including phenoxy) is 6. The van der Waals surface area contributed by atoms with Crippen LogP contribution in [0.1, 0.15) is 94.9 Å². The lowest BCUT2D eigenvalue weighted by atomic mass is 9.98. The van der Waals surface area contributed by atoms with E-state index in [1.165, 1.54) is 62.7 Å². The second kappa shape index (κ2) is 40.0. The maximum atomic E-state index is 12.0. The summed E-state index contributed by atoms with van der Waals surface area (Å²) in [6.07, 6.45) is -0.511. The maximum Gasteiger partial charge on any atom is 0.331 e. The van der Waals surface area contributed by atoms with Crippen LogP contribution in [0.2, 0.25) is 0 Å². The van der Waals surface area contributed by atoms with Gasteiger partial charge in [-0.1, -0.05) is 194 Å². The Hall–Kier alpha value is -9.87. The number of benzene rings is 8. The third kappa shape index (κ3) is 21.1. The quantitative estimate of drug-likeness (QED) is 0.0117. The van der Waals surface area contributed by atoms with Crippen LogP contribution < -0.4 is 16.3 Å². The number of fused-ring (bicyclic) bond motifs is 12. The molecule has 0 fully saturated rings. The SMILES string of the molecule is CCOC.CCONCC(=O)CC(=O)OCC1c2ccccc2-c2ccccc21.COC.CONCC(=O)CC(=O)OCC1c2ccccc2-c2ccccc21.O=C(CO)OCC1c2ccccc2-c2ccccc21.O=C(O)CNCC(=O)OCC1c2ccccc2-c2ccccc21. The zero-order chi connectivity index (χ0) is 70.2. The molecule has 0 aliphatic heterocycles. The van der Waals surface area contributed by atoms with Gasteiger partial charge in [0.05, 0.1) is 39.9 Å². The van der Waals surface area contributed by atoms with Crippen LogP contribution >= 0.6 is 0 Å². The van der Waals surface area contributed by atoms with Crippen LogP contribution in [0, 0.1) is 0 Å². The molecule has 0 heterocycles. The van der Waals surface area contributed by atoms with Crippen molar-refractivity contribution >= 4 is 41.4 Å². The lowest BCUT2D eigenvalue weighted by Gasteiger charge is -2.14. The van der Waals surface area contributed by atoms with Crippen molar-refractivity contribution in [1.82, 2.24) is 16.3 Å². The number of carbonyl (C=O) groups is 7. The largest absolute Gasteiger partial charge is 0.480 e. The molecule has 0 saturated heterocycles. The first-order valence-corrected chi connectivity index (χ1v) is 32.1. The first-order valence-electron chi connectivity index (χ1n) is 32.1. The van der Waals surface area contributed by atoms with E-state index in [0.717, 1.165) is 40.0 Å². The Morgan fingerprint density at radius 1 is 0.357 bits per heavy atom. The summed E-state index contributed by atoms with van der Waals surface area (Å²) in [5, 5.41) is 19.8. The predicted molar refractivity (Wildman–Crippen MR) is 371 cm³/mol. The summed E-state index contributed by atoms with van der Waals surface area (Å²) in [5.41, 5.74) is 23.6. The van der Waals surface area contributed by atoms with Crippen molar-refractivity contribution in [3.8, 4) is 44.5 Å². The molecule has 0 amide bonds. The van der Waals surface area contributed by atoms with Crippen molar-refractivity contribution in [2.45, 2.75) is 50.4 Å². The van der Waals surface area contributed by atoms with E-state index in [9.17, 15) is 33.6 Å². The van der Waals surface area contributed by atoms with Gasteiger partial charge in [-0.2, -0.15) is 11.0 Å². The number of aliphatic hydroxyl groups is 1. The van der Waals surface area contributed by atoms with Gasteiger partial charge in [-0.25, -0.2) is 4.79 Å². The number of methoxy groups -OCH3 is 2. The summed E-state index contributed by atoms with van der Waals surface area (Å²) in [6, 6.07) is 65.0. The van der Waals surface area contributed by atoms with Crippen LogP contribution in [-0.4, -0.2) is 152 Å². The van der Waals surface area contributed by atoms with Crippen LogP contribution in [0.4, 0.5) is 0 Å². The molecule has 4 aliphatic carbocycles. The normalized spacial score (nSPS) is 12.2. The number of aliphatic hydroxyl groups excluding tert-OH is 1. The monoisotopic (exact) mass is 1340 g/mol. The predicted octanol–water partition coefficient (Wildman–Crippen LogP) is 10.6. The van der Waals surface area contributed by atoms with Crippen molar-refractivity contribution in [2.24, 2.45) is 0 Å². The van der Waals surface area contributed by atoms with E-state index >= 15 is 0 Å². The topological polar surface area (TPSA) is 270 Å². The summed E-state index contributed by atoms with van der Waals surface area (Å²) in [7, 11) is 6.35. The number of carboxylic acid groups (broad SMARTS) is 1. The van der Waals surface area contributed by atoms with E-state index in [4.69, 9.17) is 34.0 Å². The Morgan fingerprint density at radius 3 is 0.857 bits per heavy atom. The third-order valence-corrected chi connectivity index (χ3v) is 16.1. The highest BCUT2D eigenvalue weighted by atomic mass is 16.6. The molecule has 8 aromatic carbocycles. The summed E-state index contributed by atoms with van der Waals surface area (Å²) < 4.78 is 30.0. The van der Waals surface area contributed by atoms with Gasteiger partial charge in [-0.3, -0.25) is 34.1 Å². The number of aliphatic carboxylic acids is 1. The van der Waals surface area contributed by atoms with Gasteiger partial charge in [0.1, 0.15) is 45.9 Å². The summed E-state index contributed by atoms with van der Waals surface area (Å²) in [4.78, 5) is 89.8. The zero-order valence-corrected chi connectivity index (χ0v) is 56.0. The molecule has 12 rings (SSSR count). The minimum atomic E-state index is -1.00. The lowest BCUT2D eigenvalue weighted by Crippen LogP contribution is -2.30. The van der Waals surface area contributed by atoms with Crippen LogP contribution in [-0.2, 0) is 71.7 Å². The number of ketones is 2. The number of nitrogens with one attached hydrogen (secondary N) is 3. The molecule has 20 heteroatoms. The molecule has 0 radical (unpaired) electrons. The molecule has 0 bridgehead atoms. The fourth-order valence-corrected chi connectivity index (χ4v) is 11.8. The van der Waals surface area contributed by atoms with Gasteiger partial charge < -0.3 is 48.3 Å². The van der Waals surface area contributed by atoms with E-state index in [1.807, 2.05) is 111 Å². The van der Waals surface area contributed by atoms with Crippen LogP contribution in [0.3, 0.4) is 0 Å². The highest BCUT2D eigenvalue weighted by molar-refractivity contribution is 5.97. The third-order valence-electron chi connectivity index (χ3n) is 16.1. The second-order valence-electron chi connectivity index (χ2n) is 22.5. The van der Waals surface area contributed by atoms with Crippen molar-refractivity contribution in [2.75, 3.05) is 101 Å². The summed E-state index contributed by atoms with van der Waals surface area (Å²) in [5.74, 6) is -3.49. The summed E-state index contributed by atoms with van der Waals surface area (Å²) in [6.45, 7) is 5.08. The van der Waals surface area contributed by atoms with Crippen molar-refractivity contribution in [3.05, 3.63) is 239 Å². The van der Waals surface area contributed by atoms with Gasteiger partial charge in [-0.05, 0) is 103 Å². The van der Waals surface area contributed by atoms with Crippen molar-refractivity contribution < 1.29 is 81.9 Å². The number of carbonyl (C=O) groups excluding carboxylic acids is 6. The smallest absolute Gasteiger partial charge is 0.331 e. The average Bonchev–Trinajstić information content (AvgIpc) is 1.65. The molecule has 8 aromatic rings. The number of carboxylic acids is 1. The van der Waals surface area contributed by atoms with E-state index < -0.39 is 36.5 Å². The van der Waals surface area contributed by atoms with Gasteiger partial charge in [0.2, 0.25) is 0 Å². The number of Topliss-reactive ketones (excluding diaryl/α,β-unsaturated/α-hetero) is 2. The minimum Gasteiger partial charge on any atom is -0.480 e. The Labute approximate surface area is 571 Å². The van der Waals surface area contributed by atoms with E-state index in [-0.39, 0.29) is 101 Å². The number of hydrogen-bond acceptors (Lipinski definition) is 19. The van der Waals surface area contributed by atoms with E-state index in [2.05, 4.69) is 128 Å². The van der Waals surface area contributed by atoms with Crippen molar-refractivity contribution in [1.29, 1.82) is 0 Å². The average molecular weight is 1340 g/mol. The fraction of sp³-hybridized carbons (Fsp3) is 0.295. The minimum absolute atomic E-state index is 0.00195. The first-order chi connectivity index (χ1) is 47.7. The van der Waals surface area contributed by atoms with Gasteiger partial charge in [0.15, 0.2) is 11.6 Å². The molecule has 20 nitrogen and oxygen atoms in total. The van der Waals surface area contributed by atoms with E-state index in [1.54, 1.807) is 21.3 Å². The number of hydroxylamine groups is 2. The molecule has 0 atom stereocenters. The highest BCUT2D eigenvalue weighted by Crippen LogP contribution is 2.48. The van der Waals surface area contributed by atoms with Gasteiger partial charge in [0.25, 0.3) is 0 Å². The van der Waals surface area contributed by atoms with Crippen LogP contribution in [0.25, 0.3) is 44.5 Å². The first kappa shape index (κ1) is 75.5. The Kier molecular flexibility index (Phi) is 30.8. The fourth-order valence-electron chi connectivity index (χ4n) is 11.8. The highest BCUT2D eigenvalue weighted by Gasteiger charge is 2.33. The molecule has 0 unspecified atom stereocenters. The Bertz CT molecular complexity index is 3760. The molecular formula is C78H85N3O17. The van der Waals surface area contributed by atoms with Crippen LogP contribution in [0.15, 0.2) is 194 Å². The maximum absolute atomic E-state index is 12.0. The lowest BCUT2D eigenvalue weighted by molar-refractivity contribution is -0.148. The molecule has 5 N–H and O–H groups in total. The molecule has 4 aliphatic rings. The van der Waals surface area contributed by atoms with Gasteiger partial charge >= 0.3 is 29.8 Å². The van der Waals surface area contributed by atoms with Crippen molar-refractivity contribution in [3.63, 3.8) is 0 Å². The Morgan fingerprint density at radius 2 is 0.612 bits per heavy atom. The standard InChI is InChI=1S/C20H21NO4.C19H19NO4.C18H17NO4.C16H14O3.C3H8O.C2H6O/c1-2-25-21-12-14(22)11-20(23)24-13-19-17-9-5-3-7-15(17)16-8-4-6-10-18(16)19;1-23-20-11-13(21)10-19(22)24-12-18-16-8-4-2-6-14(16)15-7-3-5-9-17(15)18;20-17(21)9-19-10-18(22)23-11-16-14-7-3-1-5-12(14)13-6-2-4-8-15(13)16;17-9-16(18)19-10-15-13-7-3-1-5-11(13)12-6-2-4-8-14(12)15;1-3-4-2;1-3-2/h3-10,19,21H,2,11-13H2,1H3;2-9,18,20H,10-12H2,1H3;1-8,16,19H,9-11H2,(H,20,21);1-8,15,17H,9-10H2;3H2,1-2H3;1-2H3.